The number of Topliss-reactive ketones (excluding diaryl/α,β-unsaturated/α-hetero) is 1. The van der Waals surface area contributed by atoms with E-state index in [1.807, 2.05) is 0 Å². The number of likely N-dealkylation sites (tertiary alicyclic amines) is 1. The van der Waals surface area contributed by atoms with Crippen LogP contribution in [0, 0.1) is 0 Å². The van der Waals surface area contributed by atoms with Crippen LogP contribution in [0.2, 0.25) is 0 Å². The van der Waals surface area contributed by atoms with Gasteiger partial charge in [0.2, 0.25) is 0 Å². The lowest BCUT2D eigenvalue weighted by atomic mass is 10.0. The molecular weight excluding hydrogens is 222 g/mol. The molecule has 0 radical (unpaired) electrons. The van der Waals surface area contributed by atoms with Gasteiger partial charge in [0.25, 0.3) is 0 Å². The van der Waals surface area contributed by atoms with Gasteiger partial charge in [0.1, 0.15) is 6.54 Å². The number of carbonyl (C=O) groups is 1. The smallest absolute Gasteiger partial charge is 0.187 e. The predicted molar refractivity (Wildman–Crippen MR) is 63.8 cm³/mol. The average molecular weight is 248 g/mol. The summed E-state index contributed by atoms with van der Waals surface area (Å²) in [6.07, 6.45) is 7.00. The molecule has 0 atom stereocenters. The standard InChI is InChI=1S/C13H26NO.ClH/c1-3-5-9-14(10-6-4-2)11-7-8-13(15)12-14;/h3-12H2,1-2H3;1H/q+1;/p-1. The van der Waals surface area contributed by atoms with E-state index in [-0.39, 0.29) is 12.4 Å². The van der Waals surface area contributed by atoms with Crippen LogP contribution in [0.4, 0.5) is 0 Å². The molecule has 0 saturated carbocycles. The minimum Gasteiger partial charge on any atom is -1.00 e. The molecule has 2 nitrogen and oxygen atoms in total. The third-order valence-corrected chi connectivity index (χ3v) is 3.57. The van der Waals surface area contributed by atoms with Crippen molar-refractivity contribution >= 4 is 5.78 Å². The summed E-state index contributed by atoms with van der Waals surface area (Å²) in [7, 11) is 0. The number of nitrogens with zero attached hydrogens (tertiary/aromatic N) is 1. The molecule has 0 aromatic carbocycles. The summed E-state index contributed by atoms with van der Waals surface area (Å²) in [5, 5.41) is 0. The first-order chi connectivity index (χ1) is 7.22. The van der Waals surface area contributed by atoms with E-state index in [0.717, 1.165) is 23.9 Å². The maximum Gasteiger partial charge on any atom is 0.187 e. The van der Waals surface area contributed by atoms with E-state index >= 15 is 0 Å². The second kappa shape index (κ2) is 8.08. The highest BCUT2D eigenvalue weighted by atomic mass is 35.5. The van der Waals surface area contributed by atoms with E-state index in [1.165, 1.54) is 45.3 Å². The molecule has 0 amide bonds. The van der Waals surface area contributed by atoms with Crippen molar-refractivity contribution in [2.45, 2.75) is 52.4 Å². The van der Waals surface area contributed by atoms with Gasteiger partial charge in [0, 0.05) is 12.8 Å². The van der Waals surface area contributed by atoms with Crippen molar-refractivity contribution in [3.8, 4) is 0 Å². The lowest BCUT2D eigenvalue weighted by Crippen LogP contribution is -3.00. The van der Waals surface area contributed by atoms with Crippen LogP contribution in [0.15, 0.2) is 0 Å². The Bertz CT molecular complexity index is 198. The molecule has 1 heterocycles. The van der Waals surface area contributed by atoms with Crippen LogP contribution >= 0.6 is 0 Å². The zero-order chi connectivity index (χ0) is 11.1. The normalized spacial score (nSPS) is 19.2. The van der Waals surface area contributed by atoms with Crippen LogP contribution in [0.3, 0.4) is 0 Å². The Balaban J connectivity index is 0.00000225. The lowest BCUT2D eigenvalue weighted by Gasteiger charge is -2.41. The van der Waals surface area contributed by atoms with Gasteiger partial charge >= 0.3 is 0 Å². The molecular formula is C13H26ClNO. The quantitative estimate of drug-likeness (QED) is 0.593. The minimum atomic E-state index is 0. The monoisotopic (exact) mass is 247 g/mol. The number of carbonyl (C=O) groups excluding carboxylic acids is 1. The van der Waals surface area contributed by atoms with Gasteiger partial charge in [-0.15, -0.1) is 0 Å². The second-order valence-electron chi connectivity index (χ2n) is 5.02. The summed E-state index contributed by atoms with van der Waals surface area (Å²) in [6, 6.07) is 0. The van der Waals surface area contributed by atoms with Gasteiger partial charge in [-0.25, -0.2) is 0 Å². The van der Waals surface area contributed by atoms with E-state index in [9.17, 15) is 4.79 Å². The number of halogens is 1. The second-order valence-corrected chi connectivity index (χ2v) is 5.02. The third kappa shape index (κ3) is 4.84. The van der Waals surface area contributed by atoms with Crippen LogP contribution in [0.25, 0.3) is 0 Å². The molecule has 1 saturated heterocycles. The Labute approximate surface area is 106 Å². The fourth-order valence-electron chi connectivity index (χ4n) is 2.62. The highest BCUT2D eigenvalue weighted by molar-refractivity contribution is 5.79. The summed E-state index contributed by atoms with van der Waals surface area (Å²) in [5.41, 5.74) is 0. The van der Waals surface area contributed by atoms with Crippen molar-refractivity contribution in [1.82, 2.24) is 0 Å². The van der Waals surface area contributed by atoms with Crippen LogP contribution in [0.1, 0.15) is 52.4 Å². The van der Waals surface area contributed by atoms with Crippen LogP contribution < -0.4 is 12.4 Å². The van der Waals surface area contributed by atoms with Crippen molar-refractivity contribution in [3.05, 3.63) is 0 Å². The van der Waals surface area contributed by atoms with Crippen molar-refractivity contribution in [3.63, 3.8) is 0 Å². The molecule has 0 unspecified atom stereocenters. The van der Waals surface area contributed by atoms with E-state index in [0.29, 0.717) is 5.78 Å². The average Bonchev–Trinajstić information content (AvgIpc) is 2.24. The molecule has 16 heavy (non-hydrogen) atoms. The van der Waals surface area contributed by atoms with E-state index in [1.54, 1.807) is 0 Å². The highest BCUT2D eigenvalue weighted by Gasteiger charge is 2.32. The summed E-state index contributed by atoms with van der Waals surface area (Å²) >= 11 is 0. The SMILES string of the molecule is CCCC[N+]1(CCCC)CCCC(=O)C1.[Cl-]. The Morgan fingerprint density at radius 3 is 2.12 bits per heavy atom. The molecule has 0 aliphatic carbocycles. The number of hydrogen-bond donors (Lipinski definition) is 0. The predicted octanol–water partition coefficient (Wildman–Crippen LogP) is -0.230. The van der Waals surface area contributed by atoms with Crippen LogP contribution in [-0.4, -0.2) is 36.4 Å². The maximum absolute atomic E-state index is 11.6. The zero-order valence-corrected chi connectivity index (χ0v) is 11.6. The summed E-state index contributed by atoms with van der Waals surface area (Å²) < 4.78 is 1.10. The largest absolute Gasteiger partial charge is 1.00 e. The molecule has 1 aliphatic heterocycles. The number of ketones is 1. The minimum absolute atomic E-state index is 0. The lowest BCUT2D eigenvalue weighted by molar-refractivity contribution is -0.923. The molecule has 96 valence electrons. The van der Waals surface area contributed by atoms with Crippen molar-refractivity contribution < 1.29 is 21.7 Å². The van der Waals surface area contributed by atoms with E-state index < -0.39 is 0 Å². The molecule has 0 aromatic rings. The zero-order valence-electron chi connectivity index (χ0n) is 10.8. The first-order valence-electron chi connectivity index (χ1n) is 6.59. The molecule has 0 bridgehead atoms. The first-order valence-corrected chi connectivity index (χ1v) is 6.59. The maximum atomic E-state index is 11.6. The summed E-state index contributed by atoms with van der Waals surface area (Å²) in [5.74, 6) is 0.494. The molecule has 1 aliphatic rings. The van der Waals surface area contributed by atoms with E-state index in [2.05, 4.69) is 13.8 Å². The van der Waals surface area contributed by atoms with Gasteiger partial charge in [-0.3, -0.25) is 4.79 Å². The van der Waals surface area contributed by atoms with Crippen LogP contribution in [0.5, 0.6) is 0 Å². The number of rotatable bonds is 6. The van der Waals surface area contributed by atoms with Gasteiger partial charge in [0.05, 0.1) is 19.6 Å². The number of quaternary nitrogens is 1. The summed E-state index contributed by atoms with van der Waals surface area (Å²) in [6.45, 7) is 8.99. The van der Waals surface area contributed by atoms with E-state index in [4.69, 9.17) is 0 Å². The van der Waals surface area contributed by atoms with Gasteiger partial charge in [-0.2, -0.15) is 0 Å². The Morgan fingerprint density at radius 2 is 1.69 bits per heavy atom. The van der Waals surface area contributed by atoms with Gasteiger partial charge in [-0.1, -0.05) is 26.7 Å². The Kier molecular flexibility index (Phi) is 8.04. The van der Waals surface area contributed by atoms with Gasteiger partial charge in [-0.05, 0) is 12.8 Å². The number of unbranched alkanes of at least 4 members (excludes halogenated alkanes) is 2. The van der Waals surface area contributed by atoms with Gasteiger partial charge < -0.3 is 16.9 Å². The fraction of sp³-hybridized carbons (Fsp3) is 0.923. The molecule has 3 heteroatoms. The van der Waals surface area contributed by atoms with Crippen LogP contribution in [-0.2, 0) is 4.79 Å². The Morgan fingerprint density at radius 1 is 1.12 bits per heavy atom. The molecule has 0 aromatic heterocycles. The summed E-state index contributed by atoms with van der Waals surface area (Å²) in [4.78, 5) is 11.6. The Hall–Kier alpha value is -0.0800. The highest BCUT2D eigenvalue weighted by Crippen LogP contribution is 2.19. The molecule has 1 rings (SSSR count). The third-order valence-electron chi connectivity index (χ3n) is 3.57. The van der Waals surface area contributed by atoms with Crippen molar-refractivity contribution in [1.29, 1.82) is 0 Å². The topological polar surface area (TPSA) is 17.1 Å². The van der Waals surface area contributed by atoms with Gasteiger partial charge in [0.15, 0.2) is 5.78 Å². The molecule has 0 spiro atoms. The molecule has 0 N–H and O–H groups in total. The van der Waals surface area contributed by atoms with Crippen molar-refractivity contribution in [2.75, 3.05) is 26.2 Å². The number of piperidine rings is 1. The van der Waals surface area contributed by atoms with Crippen molar-refractivity contribution in [2.24, 2.45) is 0 Å². The first kappa shape index (κ1) is 15.9. The fourth-order valence-corrected chi connectivity index (χ4v) is 2.62. The molecule has 1 fully saturated rings. The number of hydrogen-bond acceptors (Lipinski definition) is 1.